The van der Waals surface area contributed by atoms with Gasteiger partial charge in [0, 0.05) is 0 Å². The third kappa shape index (κ3) is 8.60. The van der Waals surface area contributed by atoms with Crippen LogP contribution >= 0.6 is 0 Å². The van der Waals surface area contributed by atoms with Crippen molar-refractivity contribution in [1.29, 1.82) is 0 Å². The van der Waals surface area contributed by atoms with E-state index in [9.17, 15) is 8.42 Å². The summed E-state index contributed by atoms with van der Waals surface area (Å²) in [5.41, 5.74) is 0.956. The second-order valence-corrected chi connectivity index (χ2v) is 10.2. The Hall–Kier alpha value is -0.693. The molecule has 0 fully saturated rings. The molecule has 0 aliphatic rings. The molecule has 0 saturated carbocycles. The van der Waals surface area contributed by atoms with Crippen molar-refractivity contribution in [3.63, 3.8) is 0 Å². The number of rotatable bonds is 1. The summed E-state index contributed by atoms with van der Waals surface area (Å²) in [4.78, 5) is 8.59. The van der Waals surface area contributed by atoms with E-state index >= 15 is 0 Å². The van der Waals surface area contributed by atoms with Crippen molar-refractivity contribution in [2.75, 3.05) is 0 Å². The molecular formula is C10H18O4SSi. The molecule has 1 rings (SSSR count). The molecular weight excluding hydrogens is 244 g/mol. The average Bonchev–Trinajstić information content (AvgIpc) is 1.99. The van der Waals surface area contributed by atoms with E-state index in [1.807, 2.05) is 26.6 Å². The van der Waals surface area contributed by atoms with Crippen LogP contribution in [0, 0.1) is 6.92 Å². The second-order valence-electron chi connectivity index (χ2n) is 4.46. The Kier molecular flexibility index (Phi) is 5.34. The molecule has 1 aromatic rings. The van der Waals surface area contributed by atoms with Gasteiger partial charge in [0.25, 0.3) is 10.1 Å². The fourth-order valence-electron chi connectivity index (χ4n) is 0.710. The Labute approximate surface area is 97.8 Å². The van der Waals surface area contributed by atoms with E-state index in [0.717, 1.165) is 5.56 Å². The maximum absolute atomic E-state index is 10.5. The van der Waals surface area contributed by atoms with E-state index in [0.29, 0.717) is 0 Å². The number of hydrogen-bond donors (Lipinski definition) is 2. The van der Waals surface area contributed by atoms with Crippen molar-refractivity contribution in [3.8, 4) is 0 Å². The Morgan fingerprint density at radius 3 is 1.62 bits per heavy atom. The van der Waals surface area contributed by atoms with Crippen LogP contribution in [0.25, 0.3) is 0 Å². The maximum Gasteiger partial charge on any atom is 0.294 e. The van der Waals surface area contributed by atoms with Gasteiger partial charge in [-0.25, -0.2) is 0 Å². The fraction of sp³-hybridized carbons (Fsp3) is 0.400. The second kappa shape index (κ2) is 5.58. The quantitative estimate of drug-likeness (QED) is 0.600. The van der Waals surface area contributed by atoms with Crippen molar-refractivity contribution in [1.82, 2.24) is 0 Å². The van der Waals surface area contributed by atoms with E-state index < -0.39 is 18.4 Å². The van der Waals surface area contributed by atoms with Gasteiger partial charge < -0.3 is 4.80 Å². The van der Waals surface area contributed by atoms with Gasteiger partial charge in [-0.3, -0.25) is 4.55 Å². The van der Waals surface area contributed by atoms with Gasteiger partial charge in [0.15, 0.2) is 8.32 Å². The van der Waals surface area contributed by atoms with Gasteiger partial charge in [0.1, 0.15) is 0 Å². The highest BCUT2D eigenvalue weighted by Gasteiger charge is 2.06. The van der Waals surface area contributed by atoms with Gasteiger partial charge in [-0.05, 0) is 38.7 Å². The lowest BCUT2D eigenvalue weighted by molar-refractivity contribution is 0.483. The molecule has 0 aliphatic heterocycles. The van der Waals surface area contributed by atoms with E-state index in [2.05, 4.69) is 0 Å². The smallest absolute Gasteiger partial charge is 0.294 e. The minimum absolute atomic E-state index is 0.0666. The lowest BCUT2D eigenvalue weighted by Gasteiger charge is -2.00. The zero-order valence-electron chi connectivity index (χ0n) is 9.93. The van der Waals surface area contributed by atoms with Crippen LogP contribution in [-0.4, -0.2) is 26.1 Å². The van der Waals surface area contributed by atoms with Gasteiger partial charge in [0.2, 0.25) is 0 Å². The largest absolute Gasteiger partial charge is 0.433 e. The Morgan fingerprint density at radius 2 is 1.38 bits per heavy atom. The molecule has 4 nitrogen and oxygen atoms in total. The van der Waals surface area contributed by atoms with E-state index in [1.54, 1.807) is 12.1 Å². The average molecular weight is 262 g/mol. The molecule has 6 heteroatoms. The van der Waals surface area contributed by atoms with E-state index in [4.69, 9.17) is 9.35 Å². The molecule has 92 valence electrons. The molecule has 0 aromatic heterocycles. The van der Waals surface area contributed by atoms with Crippen molar-refractivity contribution >= 4 is 18.4 Å². The molecule has 0 aliphatic carbocycles. The highest BCUT2D eigenvalue weighted by molar-refractivity contribution is 7.85. The van der Waals surface area contributed by atoms with Crippen LogP contribution in [0.5, 0.6) is 0 Å². The maximum atomic E-state index is 10.5. The zero-order chi connectivity index (χ0) is 13.0. The van der Waals surface area contributed by atoms with Gasteiger partial charge in [-0.1, -0.05) is 17.7 Å². The third-order valence-corrected chi connectivity index (χ3v) is 2.19. The minimum atomic E-state index is -4.02. The highest BCUT2D eigenvalue weighted by Crippen LogP contribution is 2.08. The monoisotopic (exact) mass is 262 g/mol. The number of hydrogen-bond acceptors (Lipinski definition) is 3. The fourth-order valence-corrected chi connectivity index (χ4v) is 1.19. The molecule has 0 radical (unpaired) electrons. The topological polar surface area (TPSA) is 74.6 Å². The van der Waals surface area contributed by atoms with Crippen molar-refractivity contribution in [3.05, 3.63) is 29.8 Å². The lowest BCUT2D eigenvalue weighted by Crippen LogP contribution is -2.17. The molecule has 2 N–H and O–H groups in total. The predicted molar refractivity (Wildman–Crippen MR) is 66.6 cm³/mol. The zero-order valence-corrected chi connectivity index (χ0v) is 11.7. The molecule has 0 atom stereocenters. The third-order valence-electron chi connectivity index (χ3n) is 1.32. The highest BCUT2D eigenvalue weighted by atomic mass is 32.2. The van der Waals surface area contributed by atoms with Gasteiger partial charge >= 0.3 is 0 Å². The number of benzene rings is 1. The Morgan fingerprint density at radius 1 is 1.06 bits per heavy atom. The Bertz CT molecular complexity index is 411. The predicted octanol–water partition coefficient (Wildman–Crippen LogP) is 2.06. The number of aryl methyl sites for hydroxylation is 1. The minimum Gasteiger partial charge on any atom is -0.433 e. The molecule has 0 saturated heterocycles. The van der Waals surface area contributed by atoms with Crippen LogP contribution in [0.15, 0.2) is 29.2 Å². The summed E-state index contributed by atoms with van der Waals surface area (Å²) >= 11 is 0. The summed E-state index contributed by atoms with van der Waals surface area (Å²) in [6, 6.07) is 5.99. The van der Waals surface area contributed by atoms with Crippen LogP contribution < -0.4 is 0 Å². The van der Waals surface area contributed by atoms with Gasteiger partial charge in [-0.2, -0.15) is 8.42 Å². The van der Waals surface area contributed by atoms with Crippen LogP contribution in [-0.2, 0) is 10.1 Å². The summed E-state index contributed by atoms with van der Waals surface area (Å²) in [6.45, 7) is 7.49. The SMILES string of the molecule is C[Si](C)(C)O.Cc1ccc(S(=O)(=O)O)cc1. The summed E-state index contributed by atoms with van der Waals surface area (Å²) < 4.78 is 29.6. The van der Waals surface area contributed by atoms with Gasteiger partial charge in [-0.15, -0.1) is 0 Å². The molecule has 0 amide bonds. The van der Waals surface area contributed by atoms with E-state index in [-0.39, 0.29) is 4.90 Å². The summed E-state index contributed by atoms with van der Waals surface area (Å²) in [7, 11) is -5.63. The van der Waals surface area contributed by atoms with Crippen LogP contribution in [0.2, 0.25) is 19.6 Å². The first-order chi connectivity index (χ1) is 7.00. The molecule has 0 bridgehead atoms. The molecule has 16 heavy (non-hydrogen) atoms. The standard InChI is InChI=1S/C7H8O3S.C3H10OSi/c1-6-2-4-7(5-3-6)11(8,9)10;1-5(2,3)4/h2-5H,1H3,(H,8,9,10);4H,1-3H3. The lowest BCUT2D eigenvalue weighted by atomic mass is 10.2. The van der Waals surface area contributed by atoms with Gasteiger partial charge in [0.05, 0.1) is 4.90 Å². The summed E-state index contributed by atoms with van der Waals surface area (Å²) in [5, 5.41) is 0. The Balaban J connectivity index is 0.000000385. The van der Waals surface area contributed by atoms with Crippen molar-refractivity contribution < 1.29 is 17.8 Å². The van der Waals surface area contributed by atoms with Crippen molar-refractivity contribution in [2.45, 2.75) is 31.5 Å². The van der Waals surface area contributed by atoms with Crippen LogP contribution in [0.4, 0.5) is 0 Å². The summed E-state index contributed by atoms with van der Waals surface area (Å²) in [6.07, 6.45) is 0. The normalized spacial score (nSPS) is 11.6. The molecule has 0 unspecified atom stereocenters. The molecule has 0 spiro atoms. The van der Waals surface area contributed by atoms with E-state index in [1.165, 1.54) is 12.1 Å². The van der Waals surface area contributed by atoms with Crippen molar-refractivity contribution in [2.24, 2.45) is 0 Å². The van der Waals surface area contributed by atoms with Crippen LogP contribution in [0.1, 0.15) is 5.56 Å². The first-order valence-electron chi connectivity index (χ1n) is 4.77. The van der Waals surface area contributed by atoms with Crippen LogP contribution in [0.3, 0.4) is 0 Å². The summed E-state index contributed by atoms with van der Waals surface area (Å²) in [5.74, 6) is 0. The first kappa shape index (κ1) is 15.3. The first-order valence-corrected chi connectivity index (χ1v) is 9.65. The molecule has 1 aromatic carbocycles. The molecule has 0 heterocycles.